The Labute approximate surface area is 213 Å². The van der Waals surface area contributed by atoms with E-state index in [0.717, 1.165) is 8.61 Å². The molecule has 0 bridgehead atoms. The lowest BCUT2D eigenvalue weighted by Crippen LogP contribution is -2.64. The maximum atomic E-state index is 13.7. The molecule has 1 heterocycles. The number of nitrogens with zero attached hydrogens (tertiary/aromatic N) is 4. The molecular formula is C24H32N4O6S2. The van der Waals surface area contributed by atoms with Crippen molar-refractivity contribution in [2.75, 3.05) is 38.0 Å². The van der Waals surface area contributed by atoms with E-state index in [1.54, 1.807) is 39.8 Å². The maximum absolute atomic E-state index is 13.7. The number of benzene rings is 2. The molecule has 0 saturated carbocycles. The topological polar surface area (TPSA) is 115 Å². The van der Waals surface area contributed by atoms with E-state index in [4.69, 9.17) is 0 Å². The van der Waals surface area contributed by atoms with Crippen LogP contribution in [0.3, 0.4) is 0 Å². The number of piperazine rings is 1. The summed E-state index contributed by atoms with van der Waals surface area (Å²) in [6, 6.07) is 7.03. The zero-order valence-electron chi connectivity index (χ0n) is 21.7. The lowest BCUT2D eigenvalue weighted by Gasteiger charge is -2.43. The Hall–Kier alpha value is -2.80. The molecule has 0 aliphatic carbocycles. The zero-order chi connectivity index (χ0) is 27.3. The van der Waals surface area contributed by atoms with Crippen molar-refractivity contribution in [3.63, 3.8) is 0 Å². The highest BCUT2D eigenvalue weighted by Crippen LogP contribution is 2.35. The van der Waals surface area contributed by atoms with Gasteiger partial charge in [-0.15, -0.1) is 0 Å². The molecule has 0 spiro atoms. The number of amides is 2. The number of aryl methyl sites for hydroxylation is 2. The van der Waals surface area contributed by atoms with Crippen molar-refractivity contribution in [2.45, 2.75) is 49.6 Å². The van der Waals surface area contributed by atoms with Gasteiger partial charge in [-0.1, -0.05) is 12.1 Å². The van der Waals surface area contributed by atoms with Crippen molar-refractivity contribution >= 4 is 43.2 Å². The molecule has 2 aromatic rings. The standard InChI is InChI=1S/C24H32N4O6S2/c1-15-9-11-19(35(31,32)25(5)6)13-21(15)27-17(3)24(30)28(18(4)23(27)29)22-14-20(12-10-16(22)2)36(33,34)26(7)8/h9-14,17-18H,1-8H3/t17-,18+. The second-order valence-electron chi connectivity index (χ2n) is 9.24. The molecule has 1 aliphatic heterocycles. The second-order valence-corrected chi connectivity index (χ2v) is 13.5. The van der Waals surface area contributed by atoms with Gasteiger partial charge in [0, 0.05) is 39.6 Å². The Morgan fingerprint density at radius 1 is 0.639 bits per heavy atom. The van der Waals surface area contributed by atoms with E-state index < -0.39 is 43.9 Å². The van der Waals surface area contributed by atoms with Crippen molar-refractivity contribution < 1.29 is 26.4 Å². The van der Waals surface area contributed by atoms with E-state index in [0.29, 0.717) is 22.5 Å². The van der Waals surface area contributed by atoms with Crippen molar-refractivity contribution in [3.05, 3.63) is 47.5 Å². The van der Waals surface area contributed by atoms with Crippen LogP contribution in [0.15, 0.2) is 46.2 Å². The fraction of sp³-hybridized carbons (Fsp3) is 0.417. The summed E-state index contributed by atoms with van der Waals surface area (Å²) < 4.78 is 53.0. The minimum absolute atomic E-state index is 0.00747. The molecule has 0 radical (unpaired) electrons. The van der Waals surface area contributed by atoms with Gasteiger partial charge >= 0.3 is 0 Å². The minimum atomic E-state index is -3.76. The molecule has 0 N–H and O–H groups in total. The molecule has 1 aliphatic rings. The summed E-state index contributed by atoms with van der Waals surface area (Å²) in [5, 5.41) is 0. The molecule has 2 aromatic carbocycles. The Bertz CT molecular complexity index is 1320. The first-order chi connectivity index (χ1) is 16.5. The summed E-state index contributed by atoms with van der Waals surface area (Å²) in [5.41, 5.74) is 1.93. The van der Waals surface area contributed by atoms with Gasteiger partial charge in [0.2, 0.25) is 20.0 Å². The average Bonchev–Trinajstić information content (AvgIpc) is 2.79. The maximum Gasteiger partial charge on any atom is 0.250 e. The second kappa shape index (κ2) is 9.58. The minimum Gasteiger partial charge on any atom is -0.298 e. The molecule has 0 aromatic heterocycles. The summed E-state index contributed by atoms with van der Waals surface area (Å²) in [6.07, 6.45) is 0. The van der Waals surface area contributed by atoms with Crippen LogP contribution in [0, 0.1) is 13.8 Å². The Morgan fingerprint density at radius 3 is 1.22 bits per heavy atom. The van der Waals surface area contributed by atoms with Crippen LogP contribution in [0.25, 0.3) is 0 Å². The van der Waals surface area contributed by atoms with E-state index in [-0.39, 0.29) is 9.79 Å². The van der Waals surface area contributed by atoms with Crippen molar-refractivity contribution in [1.29, 1.82) is 0 Å². The summed E-state index contributed by atoms with van der Waals surface area (Å²) in [6.45, 7) is 6.62. The third-order valence-electron chi connectivity index (χ3n) is 6.40. The molecular weight excluding hydrogens is 504 g/mol. The first-order valence-electron chi connectivity index (χ1n) is 11.3. The van der Waals surface area contributed by atoms with Crippen LogP contribution in [0.4, 0.5) is 11.4 Å². The van der Waals surface area contributed by atoms with Crippen LogP contribution in [0.2, 0.25) is 0 Å². The summed E-state index contributed by atoms with van der Waals surface area (Å²) in [7, 11) is -1.86. The molecule has 3 rings (SSSR count). The molecule has 0 unspecified atom stereocenters. The van der Waals surface area contributed by atoms with E-state index in [1.807, 2.05) is 0 Å². The van der Waals surface area contributed by atoms with E-state index in [2.05, 4.69) is 0 Å². The predicted octanol–water partition coefficient (Wildman–Crippen LogP) is 1.96. The molecule has 196 valence electrons. The van der Waals surface area contributed by atoms with Gasteiger partial charge in [-0.05, 0) is 63.1 Å². The molecule has 2 amide bonds. The highest BCUT2D eigenvalue weighted by Gasteiger charge is 2.44. The fourth-order valence-corrected chi connectivity index (χ4v) is 5.94. The zero-order valence-corrected chi connectivity index (χ0v) is 23.3. The van der Waals surface area contributed by atoms with Gasteiger partial charge in [-0.3, -0.25) is 19.4 Å². The number of rotatable bonds is 6. The van der Waals surface area contributed by atoms with Crippen molar-refractivity contribution in [2.24, 2.45) is 0 Å². The third kappa shape index (κ3) is 4.54. The van der Waals surface area contributed by atoms with Crippen LogP contribution in [0.5, 0.6) is 0 Å². The first-order valence-corrected chi connectivity index (χ1v) is 14.1. The fourth-order valence-electron chi connectivity index (χ4n) is 4.10. The average molecular weight is 537 g/mol. The Balaban J connectivity index is 2.11. The van der Waals surface area contributed by atoms with Crippen LogP contribution in [-0.4, -0.2) is 77.5 Å². The number of carbonyl (C=O) groups excluding carboxylic acids is 2. The van der Waals surface area contributed by atoms with Crippen LogP contribution in [-0.2, 0) is 29.6 Å². The highest BCUT2D eigenvalue weighted by molar-refractivity contribution is 7.89. The normalized spacial score (nSPS) is 19.5. The number of hydrogen-bond donors (Lipinski definition) is 0. The summed E-state index contributed by atoms with van der Waals surface area (Å²) in [5.74, 6) is -0.824. The molecule has 36 heavy (non-hydrogen) atoms. The molecule has 1 fully saturated rings. The molecule has 1 saturated heterocycles. The van der Waals surface area contributed by atoms with Crippen LogP contribution < -0.4 is 9.80 Å². The van der Waals surface area contributed by atoms with Gasteiger partial charge < -0.3 is 0 Å². The van der Waals surface area contributed by atoms with E-state index >= 15 is 0 Å². The quantitative estimate of drug-likeness (QED) is 0.558. The summed E-state index contributed by atoms with van der Waals surface area (Å²) >= 11 is 0. The number of hydrogen-bond acceptors (Lipinski definition) is 6. The van der Waals surface area contributed by atoms with Crippen molar-refractivity contribution in [3.8, 4) is 0 Å². The molecule has 12 heteroatoms. The summed E-state index contributed by atoms with van der Waals surface area (Å²) in [4.78, 5) is 30.0. The molecule has 2 atom stereocenters. The van der Waals surface area contributed by atoms with Crippen molar-refractivity contribution in [1.82, 2.24) is 8.61 Å². The number of anilines is 2. The van der Waals surface area contributed by atoms with Gasteiger partial charge in [-0.25, -0.2) is 25.4 Å². The van der Waals surface area contributed by atoms with Gasteiger partial charge in [-0.2, -0.15) is 0 Å². The van der Waals surface area contributed by atoms with E-state index in [9.17, 15) is 26.4 Å². The monoisotopic (exact) mass is 536 g/mol. The lowest BCUT2D eigenvalue weighted by atomic mass is 10.0. The van der Waals surface area contributed by atoms with Gasteiger partial charge in [0.05, 0.1) is 9.79 Å². The Morgan fingerprint density at radius 2 is 0.944 bits per heavy atom. The first kappa shape index (κ1) is 27.8. The smallest absolute Gasteiger partial charge is 0.250 e. The van der Waals surface area contributed by atoms with E-state index in [1.165, 1.54) is 62.3 Å². The van der Waals surface area contributed by atoms with Crippen LogP contribution >= 0.6 is 0 Å². The number of carbonyl (C=O) groups is 2. The largest absolute Gasteiger partial charge is 0.298 e. The Kier molecular flexibility index (Phi) is 7.39. The van der Waals surface area contributed by atoms with Crippen LogP contribution in [0.1, 0.15) is 25.0 Å². The lowest BCUT2D eigenvalue weighted by molar-refractivity contribution is -0.130. The SMILES string of the molecule is Cc1ccc(S(=O)(=O)N(C)C)cc1N1C(=O)[C@H](C)N(c2cc(S(=O)(=O)N(C)C)ccc2C)C(=O)[C@H]1C. The highest BCUT2D eigenvalue weighted by atomic mass is 32.2. The van der Waals surface area contributed by atoms with Gasteiger partial charge in [0.1, 0.15) is 12.1 Å². The third-order valence-corrected chi connectivity index (χ3v) is 10.0. The van der Waals surface area contributed by atoms with Gasteiger partial charge in [0.15, 0.2) is 0 Å². The predicted molar refractivity (Wildman–Crippen MR) is 138 cm³/mol. The number of sulfonamides is 2. The van der Waals surface area contributed by atoms with Gasteiger partial charge in [0.25, 0.3) is 11.8 Å². The molecule has 10 nitrogen and oxygen atoms in total.